The first-order valence-corrected chi connectivity index (χ1v) is 5.36. The fourth-order valence-corrected chi connectivity index (χ4v) is 1.64. The molecule has 16 heavy (non-hydrogen) atoms. The Balaban J connectivity index is 2.50. The van der Waals surface area contributed by atoms with Gasteiger partial charge in [0.25, 0.3) is 0 Å². The zero-order chi connectivity index (χ0) is 12.0. The molecule has 1 rings (SSSR count). The molecule has 0 aliphatic carbocycles. The minimum atomic E-state index is -0.938. The number of carboxylic acid groups (broad SMARTS) is 1. The van der Waals surface area contributed by atoms with Gasteiger partial charge in [0.05, 0.1) is 0 Å². The van der Waals surface area contributed by atoms with Crippen molar-refractivity contribution in [3.05, 3.63) is 47.0 Å². The van der Waals surface area contributed by atoms with E-state index in [9.17, 15) is 4.79 Å². The number of halogens is 1. The molecule has 0 bridgehead atoms. The van der Waals surface area contributed by atoms with Gasteiger partial charge >= 0.3 is 5.97 Å². The molecule has 3 nitrogen and oxygen atoms in total. The molecule has 4 heteroatoms. The maximum absolute atomic E-state index is 10.2. The Morgan fingerprint density at radius 3 is 2.88 bits per heavy atom. The molecule has 0 aliphatic heterocycles. The van der Waals surface area contributed by atoms with E-state index in [1.54, 1.807) is 6.08 Å². The van der Waals surface area contributed by atoms with Gasteiger partial charge in [-0.3, -0.25) is 0 Å². The van der Waals surface area contributed by atoms with Gasteiger partial charge in [0, 0.05) is 23.7 Å². The fourth-order valence-electron chi connectivity index (χ4n) is 1.34. The van der Waals surface area contributed by atoms with E-state index < -0.39 is 5.97 Å². The summed E-state index contributed by atoms with van der Waals surface area (Å²) in [6.45, 7) is 2.48. The van der Waals surface area contributed by atoms with E-state index in [4.69, 9.17) is 16.7 Å². The van der Waals surface area contributed by atoms with Gasteiger partial charge < -0.3 is 10.4 Å². The summed E-state index contributed by atoms with van der Waals surface area (Å²) >= 11 is 6.03. The first-order chi connectivity index (χ1) is 7.61. The number of nitrogens with one attached hydrogen (secondary N) is 1. The van der Waals surface area contributed by atoms with Crippen molar-refractivity contribution >= 4 is 17.6 Å². The number of benzene rings is 1. The molecule has 0 saturated heterocycles. The average Bonchev–Trinajstić information content (AvgIpc) is 2.24. The summed E-state index contributed by atoms with van der Waals surface area (Å²) in [5, 5.41) is 12.3. The Hall–Kier alpha value is -1.32. The van der Waals surface area contributed by atoms with Crippen LogP contribution in [0.1, 0.15) is 18.5 Å². The molecule has 0 saturated carbocycles. The SMILES string of the molecule is C[C@@H](NC/C=C/C(=O)O)c1ccccc1Cl. The Bertz CT molecular complexity index is 390. The molecule has 0 heterocycles. The highest BCUT2D eigenvalue weighted by Gasteiger charge is 2.06. The molecule has 0 radical (unpaired) electrons. The quantitative estimate of drug-likeness (QED) is 0.777. The van der Waals surface area contributed by atoms with E-state index in [2.05, 4.69) is 5.32 Å². The molecule has 1 aromatic carbocycles. The van der Waals surface area contributed by atoms with Crippen LogP contribution >= 0.6 is 11.6 Å². The number of aliphatic carboxylic acids is 1. The van der Waals surface area contributed by atoms with Gasteiger partial charge in [-0.2, -0.15) is 0 Å². The van der Waals surface area contributed by atoms with Crippen LogP contribution in [-0.4, -0.2) is 17.6 Å². The minimum absolute atomic E-state index is 0.0899. The summed E-state index contributed by atoms with van der Waals surface area (Å²) < 4.78 is 0. The Labute approximate surface area is 99.7 Å². The van der Waals surface area contributed by atoms with E-state index in [0.29, 0.717) is 11.6 Å². The third-order valence-corrected chi connectivity index (χ3v) is 2.52. The molecule has 0 unspecified atom stereocenters. The van der Waals surface area contributed by atoms with Crippen LogP contribution in [0.15, 0.2) is 36.4 Å². The van der Waals surface area contributed by atoms with E-state index in [-0.39, 0.29) is 6.04 Å². The molecule has 2 N–H and O–H groups in total. The van der Waals surface area contributed by atoms with Crippen molar-refractivity contribution in [2.24, 2.45) is 0 Å². The summed E-state index contributed by atoms with van der Waals surface area (Å²) in [6, 6.07) is 7.67. The van der Waals surface area contributed by atoms with Gasteiger partial charge in [-0.1, -0.05) is 35.9 Å². The van der Waals surface area contributed by atoms with Crippen LogP contribution in [0, 0.1) is 0 Å². The summed E-state index contributed by atoms with van der Waals surface area (Å²) in [7, 11) is 0. The first kappa shape index (κ1) is 12.7. The summed E-state index contributed by atoms with van der Waals surface area (Å²) in [4.78, 5) is 10.2. The number of hydrogen-bond acceptors (Lipinski definition) is 2. The smallest absolute Gasteiger partial charge is 0.328 e. The van der Waals surface area contributed by atoms with Gasteiger partial charge in [0.15, 0.2) is 0 Å². The zero-order valence-electron chi connectivity index (χ0n) is 8.98. The lowest BCUT2D eigenvalue weighted by atomic mass is 10.1. The molecular weight excluding hydrogens is 226 g/mol. The number of hydrogen-bond donors (Lipinski definition) is 2. The average molecular weight is 240 g/mol. The number of carboxylic acids is 1. The van der Waals surface area contributed by atoms with Crippen LogP contribution in [0.5, 0.6) is 0 Å². The highest BCUT2D eigenvalue weighted by atomic mass is 35.5. The van der Waals surface area contributed by atoms with Gasteiger partial charge in [0.1, 0.15) is 0 Å². The van der Waals surface area contributed by atoms with Gasteiger partial charge in [-0.15, -0.1) is 0 Å². The predicted octanol–water partition coefficient (Wildman–Crippen LogP) is 2.63. The lowest BCUT2D eigenvalue weighted by Gasteiger charge is -2.14. The van der Waals surface area contributed by atoms with Crippen LogP contribution in [0.25, 0.3) is 0 Å². The van der Waals surface area contributed by atoms with Crippen LogP contribution in [-0.2, 0) is 4.79 Å². The third kappa shape index (κ3) is 4.04. The number of rotatable bonds is 5. The second-order valence-electron chi connectivity index (χ2n) is 3.39. The maximum Gasteiger partial charge on any atom is 0.328 e. The largest absolute Gasteiger partial charge is 0.478 e. The molecule has 1 atom stereocenters. The van der Waals surface area contributed by atoms with Crippen molar-refractivity contribution in [1.82, 2.24) is 5.32 Å². The standard InChI is InChI=1S/C12H14ClNO2/c1-9(14-8-4-7-12(15)16)10-5-2-3-6-11(10)13/h2-7,9,14H,8H2,1H3,(H,15,16)/b7-4+/t9-/m1/s1. The Morgan fingerprint density at radius 1 is 1.56 bits per heavy atom. The van der Waals surface area contributed by atoms with E-state index in [1.807, 2.05) is 31.2 Å². The Morgan fingerprint density at radius 2 is 2.25 bits per heavy atom. The van der Waals surface area contributed by atoms with Crippen molar-refractivity contribution in [3.8, 4) is 0 Å². The molecule has 0 aliphatic rings. The van der Waals surface area contributed by atoms with E-state index in [0.717, 1.165) is 11.6 Å². The van der Waals surface area contributed by atoms with Crippen molar-refractivity contribution in [3.63, 3.8) is 0 Å². The number of carbonyl (C=O) groups is 1. The summed E-state index contributed by atoms with van der Waals surface area (Å²) in [5.74, 6) is -0.938. The van der Waals surface area contributed by atoms with Gasteiger partial charge in [0.2, 0.25) is 0 Å². The first-order valence-electron chi connectivity index (χ1n) is 4.98. The summed E-state index contributed by atoms with van der Waals surface area (Å²) in [5.41, 5.74) is 1.01. The van der Waals surface area contributed by atoms with Crippen LogP contribution in [0.3, 0.4) is 0 Å². The van der Waals surface area contributed by atoms with Crippen LogP contribution in [0.4, 0.5) is 0 Å². The molecule has 0 fully saturated rings. The van der Waals surface area contributed by atoms with Crippen molar-refractivity contribution in [2.75, 3.05) is 6.54 Å². The predicted molar refractivity (Wildman–Crippen MR) is 64.6 cm³/mol. The second-order valence-corrected chi connectivity index (χ2v) is 3.80. The van der Waals surface area contributed by atoms with Crippen LogP contribution < -0.4 is 5.32 Å². The van der Waals surface area contributed by atoms with Crippen LogP contribution in [0.2, 0.25) is 5.02 Å². The molecule has 0 amide bonds. The lowest BCUT2D eigenvalue weighted by Crippen LogP contribution is -2.18. The molecule has 1 aromatic rings. The second kappa shape index (κ2) is 6.30. The molecular formula is C12H14ClNO2. The molecule has 0 aromatic heterocycles. The Kier molecular flexibility index (Phi) is 5.02. The fraction of sp³-hybridized carbons (Fsp3) is 0.250. The van der Waals surface area contributed by atoms with Crippen molar-refractivity contribution in [2.45, 2.75) is 13.0 Å². The highest BCUT2D eigenvalue weighted by Crippen LogP contribution is 2.21. The van der Waals surface area contributed by atoms with Crippen molar-refractivity contribution < 1.29 is 9.90 Å². The third-order valence-electron chi connectivity index (χ3n) is 2.17. The highest BCUT2D eigenvalue weighted by molar-refractivity contribution is 6.31. The summed E-state index contributed by atoms with van der Waals surface area (Å²) in [6.07, 6.45) is 2.68. The van der Waals surface area contributed by atoms with Crippen molar-refractivity contribution in [1.29, 1.82) is 0 Å². The normalized spacial score (nSPS) is 12.9. The lowest BCUT2D eigenvalue weighted by molar-refractivity contribution is -0.131. The van der Waals surface area contributed by atoms with E-state index in [1.165, 1.54) is 0 Å². The topological polar surface area (TPSA) is 49.3 Å². The van der Waals surface area contributed by atoms with Gasteiger partial charge in [-0.25, -0.2) is 4.79 Å². The van der Waals surface area contributed by atoms with Gasteiger partial charge in [-0.05, 0) is 18.6 Å². The molecule has 86 valence electrons. The zero-order valence-corrected chi connectivity index (χ0v) is 9.74. The van der Waals surface area contributed by atoms with E-state index >= 15 is 0 Å². The molecule has 0 spiro atoms. The monoisotopic (exact) mass is 239 g/mol. The minimum Gasteiger partial charge on any atom is -0.478 e. The maximum atomic E-state index is 10.2.